The maximum Gasteiger partial charge on any atom is 0.222 e. The quantitative estimate of drug-likeness (QED) is 0.843. The van der Waals surface area contributed by atoms with E-state index < -0.39 is 17.7 Å². The van der Waals surface area contributed by atoms with Gasteiger partial charge in [0.1, 0.15) is 11.6 Å². The Morgan fingerprint density at radius 2 is 2.04 bits per heavy atom. The van der Waals surface area contributed by atoms with Crippen molar-refractivity contribution in [3.05, 3.63) is 70.2 Å². The molecule has 0 bridgehead atoms. The summed E-state index contributed by atoms with van der Waals surface area (Å²) in [4.78, 5) is 12.5. The topological polar surface area (TPSA) is 41.1 Å². The van der Waals surface area contributed by atoms with Crippen LogP contribution in [0.15, 0.2) is 42.5 Å². The van der Waals surface area contributed by atoms with Crippen LogP contribution in [0.1, 0.15) is 36.4 Å². The summed E-state index contributed by atoms with van der Waals surface area (Å²) in [5, 5.41) is 6.45. The van der Waals surface area contributed by atoms with E-state index in [0.29, 0.717) is 10.6 Å². The van der Waals surface area contributed by atoms with Gasteiger partial charge in [-0.05, 0) is 49.2 Å². The van der Waals surface area contributed by atoms with E-state index in [1.165, 1.54) is 0 Å². The molecule has 2 atom stereocenters. The zero-order valence-corrected chi connectivity index (χ0v) is 14.3. The second-order valence-electron chi connectivity index (χ2n) is 6.19. The van der Waals surface area contributed by atoms with Crippen molar-refractivity contribution in [2.24, 2.45) is 0 Å². The van der Waals surface area contributed by atoms with Crippen LogP contribution in [-0.2, 0) is 4.79 Å². The van der Waals surface area contributed by atoms with Gasteiger partial charge in [0.25, 0.3) is 0 Å². The minimum absolute atomic E-state index is 0.0563. The van der Waals surface area contributed by atoms with Crippen LogP contribution in [0.25, 0.3) is 0 Å². The van der Waals surface area contributed by atoms with Crippen molar-refractivity contribution < 1.29 is 13.6 Å². The van der Waals surface area contributed by atoms with Gasteiger partial charge in [-0.1, -0.05) is 29.8 Å². The first-order valence-corrected chi connectivity index (χ1v) is 8.64. The van der Waals surface area contributed by atoms with Crippen LogP contribution in [0.3, 0.4) is 0 Å². The van der Waals surface area contributed by atoms with Crippen LogP contribution in [-0.4, -0.2) is 18.5 Å². The SMILES string of the molecule is O=C(CC1CCCN1)NC(c1cc(F)ccc1F)c1ccccc1Cl. The molecule has 2 N–H and O–H groups in total. The van der Waals surface area contributed by atoms with Gasteiger partial charge >= 0.3 is 0 Å². The molecule has 2 aromatic rings. The summed E-state index contributed by atoms with van der Waals surface area (Å²) in [7, 11) is 0. The molecular formula is C19H19ClF2N2O. The van der Waals surface area contributed by atoms with Gasteiger partial charge < -0.3 is 10.6 Å². The second-order valence-corrected chi connectivity index (χ2v) is 6.59. The van der Waals surface area contributed by atoms with Crippen LogP contribution in [0.4, 0.5) is 8.78 Å². The van der Waals surface area contributed by atoms with Crippen LogP contribution in [0.2, 0.25) is 5.02 Å². The third-order valence-electron chi connectivity index (χ3n) is 4.38. The number of carbonyl (C=O) groups is 1. The van der Waals surface area contributed by atoms with E-state index in [1.807, 2.05) is 0 Å². The lowest BCUT2D eigenvalue weighted by Gasteiger charge is -2.22. The Balaban J connectivity index is 1.90. The predicted octanol–water partition coefficient (Wildman–Crippen LogP) is 3.97. The summed E-state index contributed by atoms with van der Waals surface area (Å²) in [5.41, 5.74) is 0.585. The van der Waals surface area contributed by atoms with Gasteiger partial charge in [-0.25, -0.2) is 8.78 Å². The average Bonchev–Trinajstić information content (AvgIpc) is 3.09. The third kappa shape index (κ3) is 4.35. The molecule has 1 aliphatic rings. The highest BCUT2D eigenvalue weighted by Crippen LogP contribution is 2.30. The molecule has 132 valence electrons. The van der Waals surface area contributed by atoms with E-state index in [1.54, 1.807) is 24.3 Å². The molecule has 1 saturated heterocycles. The standard InChI is InChI=1S/C19H19ClF2N2O/c20-16-6-2-1-5-14(16)19(15-10-12(21)7-8-17(15)22)24-18(25)11-13-4-3-9-23-13/h1-2,5-8,10,13,19,23H,3-4,9,11H2,(H,24,25). The number of amides is 1. The Morgan fingerprint density at radius 1 is 1.24 bits per heavy atom. The molecule has 1 heterocycles. The molecule has 0 saturated carbocycles. The Morgan fingerprint density at radius 3 is 2.76 bits per heavy atom. The smallest absolute Gasteiger partial charge is 0.222 e. The number of nitrogens with one attached hydrogen (secondary N) is 2. The lowest BCUT2D eigenvalue weighted by atomic mass is 9.97. The molecule has 3 nitrogen and oxygen atoms in total. The fraction of sp³-hybridized carbons (Fsp3) is 0.316. The molecule has 2 unspecified atom stereocenters. The molecule has 0 spiro atoms. The summed E-state index contributed by atoms with van der Waals surface area (Å²) >= 11 is 6.23. The molecule has 0 radical (unpaired) electrons. The van der Waals surface area contributed by atoms with E-state index in [0.717, 1.165) is 37.6 Å². The minimum Gasteiger partial charge on any atom is -0.345 e. The zero-order chi connectivity index (χ0) is 17.8. The van der Waals surface area contributed by atoms with E-state index in [9.17, 15) is 13.6 Å². The summed E-state index contributed by atoms with van der Waals surface area (Å²) in [6.45, 7) is 0.893. The highest BCUT2D eigenvalue weighted by atomic mass is 35.5. The fourth-order valence-corrected chi connectivity index (χ4v) is 3.39. The number of hydrogen-bond acceptors (Lipinski definition) is 2. The zero-order valence-electron chi connectivity index (χ0n) is 13.6. The second kappa shape index (κ2) is 7.93. The van der Waals surface area contributed by atoms with E-state index in [-0.39, 0.29) is 23.9 Å². The summed E-state index contributed by atoms with van der Waals surface area (Å²) in [5.74, 6) is -1.39. The Hall–Kier alpha value is -1.98. The summed E-state index contributed by atoms with van der Waals surface area (Å²) in [6.07, 6.45) is 2.25. The first-order valence-electron chi connectivity index (χ1n) is 8.26. The lowest BCUT2D eigenvalue weighted by molar-refractivity contribution is -0.122. The maximum atomic E-state index is 14.3. The van der Waals surface area contributed by atoms with Crippen LogP contribution < -0.4 is 10.6 Å². The predicted molar refractivity (Wildman–Crippen MR) is 93.4 cm³/mol. The highest BCUT2D eigenvalue weighted by Gasteiger charge is 2.25. The summed E-state index contributed by atoms with van der Waals surface area (Å²) in [6, 6.07) is 9.31. The molecule has 0 aromatic heterocycles. The Bertz CT molecular complexity index is 763. The highest BCUT2D eigenvalue weighted by molar-refractivity contribution is 6.31. The molecule has 2 aromatic carbocycles. The molecule has 1 aliphatic heterocycles. The molecule has 1 amide bonds. The molecule has 25 heavy (non-hydrogen) atoms. The Labute approximate surface area is 150 Å². The molecule has 0 aliphatic carbocycles. The number of rotatable bonds is 5. The maximum absolute atomic E-state index is 14.3. The van der Waals surface area contributed by atoms with Gasteiger partial charge in [0, 0.05) is 23.0 Å². The summed E-state index contributed by atoms with van der Waals surface area (Å²) < 4.78 is 28.0. The minimum atomic E-state index is -0.849. The average molecular weight is 365 g/mol. The van der Waals surface area contributed by atoms with Crippen molar-refractivity contribution in [2.75, 3.05) is 6.54 Å². The molecule has 6 heteroatoms. The number of benzene rings is 2. The lowest BCUT2D eigenvalue weighted by Crippen LogP contribution is -2.35. The normalized spacial score (nSPS) is 18.1. The van der Waals surface area contributed by atoms with Crippen molar-refractivity contribution in [3.8, 4) is 0 Å². The van der Waals surface area contributed by atoms with Gasteiger partial charge in [0.05, 0.1) is 6.04 Å². The molecule has 3 rings (SSSR count). The van der Waals surface area contributed by atoms with Gasteiger partial charge in [0.2, 0.25) is 5.91 Å². The van der Waals surface area contributed by atoms with Crippen molar-refractivity contribution in [2.45, 2.75) is 31.3 Å². The molecule has 1 fully saturated rings. The fourth-order valence-electron chi connectivity index (χ4n) is 3.14. The molecular weight excluding hydrogens is 346 g/mol. The number of hydrogen-bond donors (Lipinski definition) is 2. The van der Waals surface area contributed by atoms with Crippen molar-refractivity contribution in [3.63, 3.8) is 0 Å². The largest absolute Gasteiger partial charge is 0.345 e. The number of halogens is 3. The van der Waals surface area contributed by atoms with Gasteiger partial charge in [-0.3, -0.25) is 4.79 Å². The van der Waals surface area contributed by atoms with E-state index >= 15 is 0 Å². The monoisotopic (exact) mass is 364 g/mol. The van der Waals surface area contributed by atoms with Gasteiger partial charge in [-0.15, -0.1) is 0 Å². The van der Waals surface area contributed by atoms with Crippen LogP contribution in [0, 0.1) is 11.6 Å². The van der Waals surface area contributed by atoms with Crippen LogP contribution in [0.5, 0.6) is 0 Å². The Kier molecular flexibility index (Phi) is 5.66. The van der Waals surface area contributed by atoms with Crippen molar-refractivity contribution >= 4 is 17.5 Å². The third-order valence-corrected chi connectivity index (χ3v) is 4.73. The van der Waals surface area contributed by atoms with Crippen molar-refractivity contribution in [1.82, 2.24) is 10.6 Å². The first kappa shape index (κ1) is 17.8. The first-order chi connectivity index (χ1) is 12.0. The van der Waals surface area contributed by atoms with Crippen LogP contribution >= 0.6 is 11.6 Å². The van der Waals surface area contributed by atoms with E-state index in [4.69, 9.17) is 11.6 Å². The van der Waals surface area contributed by atoms with Gasteiger partial charge in [-0.2, -0.15) is 0 Å². The van der Waals surface area contributed by atoms with Crippen molar-refractivity contribution in [1.29, 1.82) is 0 Å². The van der Waals surface area contributed by atoms with Gasteiger partial charge in [0.15, 0.2) is 0 Å². The number of carbonyl (C=O) groups excluding carboxylic acids is 1. The van der Waals surface area contributed by atoms with E-state index in [2.05, 4.69) is 10.6 Å².